The summed E-state index contributed by atoms with van der Waals surface area (Å²) in [6.45, 7) is 9.01. The largest absolute Gasteiger partial charge is 0.331 e. The minimum atomic E-state index is -0.0938. The molecular formula is C26H24N4O. The second-order valence-electron chi connectivity index (χ2n) is 7.23. The second-order valence-corrected chi connectivity index (χ2v) is 7.23. The van der Waals surface area contributed by atoms with Crippen LogP contribution in [-0.4, -0.2) is 38.7 Å². The van der Waals surface area contributed by atoms with Crippen molar-refractivity contribution >= 4 is 16.9 Å². The van der Waals surface area contributed by atoms with Gasteiger partial charge in [0.1, 0.15) is 0 Å². The van der Waals surface area contributed by atoms with Gasteiger partial charge in [0.15, 0.2) is 5.65 Å². The molecule has 0 spiro atoms. The predicted octanol–water partition coefficient (Wildman–Crippen LogP) is 4.96. The molecule has 4 rings (SSSR count). The fourth-order valence-electron chi connectivity index (χ4n) is 3.58. The van der Waals surface area contributed by atoms with Gasteiger partial charge < -0.3 is 4.90 Å². The minimum absolute atomic E-state index is 0.0938. The van der Waals surface area contributed by atoms with Crippen LogP contribution in [0.15, 0.2) is 98.2 Å². The van der Waals surface area contributed by atoms with E-state index in [2.05, 4.69) is 30.4 Å². The van der Waals surface area contributed by atoms with E-state index in [-0.39, 0.29) is 5.91 Å². The van der Waals surface area contributed by atoms with E-state index in [1.807, 2.05) is 59.3 Å². The molecule has 0 aliphatic carbocycles. The fraction of sp³-hybridized carbons (Fsp3) is 0.115. The van der Waals surface area contributed by atoms with Crippen LogP contribution in [0.4, 0.5) is 0 Å². The van der Waals surface area contributed by atoms with Gasteiger partial charge in [0.2, 0.25) is 0 Å². The van der Waals surface area contributed by atoms with Crippen LogP contribution in [0.1, 0.15) is 15.9 Å². The van der Waals surface area contributed by atoms with Crippen molar-refractivity contribution in [2.45, 2.75) is 6.54 Å². The topological polar surface area (TPSA) is 51.0 Å². The number of aromatic nitrogens is 3. The van der Waals surface area contributed by atoms with E-state index >= 15 is 0 Å². The van der Waals surface area contributed by atoms with Crippen molar-refractivity contribution in [3.05, 3.63) is 109 Å². The van der Waals surface area contributed by atoms with Gasteiger partial charge in [-0.2, -0.15) is 5.10 Å². The Bertz CT molecular complexity index is 1200. The Morgan fingerprint density at radius 2 is 1.61 bits per heavy atom. The van der Waals surface area contributed by atoms with E-state index in [0.717, 1.165) is 22.2 Å². The maximum absolute atomic E-state index is 13.5. The SMILES string of the molecule is C=CCN(CC=C)C(=O)c1cc(-c2ccccc2)nc2c1cnn2Cc1ccccc1. The van der Waals surface area contributed by atoms with Crippen LogP contribution < -0.4 is 0 Å². The average molecular weight is 409 g/mol. The van der Waals surface area contributed by atoms with Crippen LogP contribution in [0.5, 0.6) is 0 Å². The predicted molar refractivity (Wildman–Crippen MR) is 125 cm³/mol. The summed E-state index contributed by atoms with van der Waals surface area (Å²) < 4.78 is 1.85. The molecular weight excluding hydrogens is 384 g/mol. The van der Waals surface area contributed by atoms with Crippen LogP contribution in [0, 0.1) is 0 Å². The van der Waals surface area contributed by atoms with Gasteiger partial charge in [-0.05, 0) is 11.6 Å². The number of carbonyl (C=O) groups is 1. The third kappa shape index (κ3) is 4.31. The number of hydrogen-bond acceptors (Lipinski definition) is 3. The molecule has 0 unspecified atom stereocenters. The Kier molecular flexibility index (Phi) is 6.03. The quantitative estimate of drug-likeness (QED) is 0.387. The number of benzene rings is 2. The van der Waals surface area contributed by atoms with Crippen molar-refractivity contribution in [3.63, 3.8) is 0 Å². The van der Waals surface area contributed by atoms with Crippen molar-refractivity contribution in [2.24, 2.45) is 0 Å². The summed E-state index contributed by atoms with van der Waals surface area (Å²) in [5, 5.41) is 5.30. The molecule has 0 fully saturated rings. The smallest absolute Gasteiger partial charge is 0.255 e. The van der Waals surface area contributed by atoms with Crippen LogP contribution in [0.3, 0.4) is 0 Å². The molecule has 0 saturated carbocycles. The first-order valence-corrected chi connectivity index (χ1v) is 10.2. The summed E-state index contributed by atoms with van der Waals surface area (Å²) in [6, 6.07) is 21.8. The molecule has 0 aliphatic heterocycles. The van der Waals surface area contributed by atoms with E-state index in [9.17, 15) is 4.79 Å². The molecule has 31 heavy (non-hydrogen) atoms. The molecule has 0 radical (unpaired) electrons. The van der Waals surface area contributed by atoms with Gasteiger partial charge in [-0.3, -0.25) is 4.79 Å². The lowest BCUT2D eigenvalue weighted by Crippen LogP contribution is -2.31. The highest BCUT2D eigenvalue weighted by Gasteiger charge is 2.21. The molecule has 0 N–H and O–H groups in total. The Morgan fingerprint density at radius 1 is 0.968 bits per heavy atom. The van der Waals surface area contributed by atoms with Crippen LogP contribution in [-0.2, 0) is 6.54 Å². The van der Waals surface area contributed by atoms with Gasteiger partial charge in [0.05, 0.1) is 29.4 Å². The van der Waals surface area contributed by atoms with Gasteiger partial charge in [-0.25, -0.2) is 9.67 Å². The molecule has 154 valence electrons. The van der Waals surface area contributed by atoms with E-state index in [4.69, 9.17) is 4.98 Å². The van der Waals surface area contributed by atoms with Gasteiger partial charge in [-0.1, -0.05) is 72.8 Å². The van der Waals surface area contributed by atoms with Crippen molar-refractivity contribution < 1.29 is 4.79 Å². The zero-order valence-electron chi connectivity index (χ0n) is 17.3. The molecule has 1 amide bonds. The van der Waals surface area contributed by atoms with Gasteiger partial charge in [0, 0.05) is 18.7 Å². The standard InChI is InChI=1S/C26H24N4O/c1-3-15-29(16-4-2)26(31)22-17-24(21-13-9-6-10-14-21)28-25-23(22)18-27-30(25)19-20-11-7-5-8-12-20/h3-14,17-18H,1-2,15-16,19H2. The van der Waals surface area contributed by atoms with E-state index in [0.29, 0.717) is 30.8 Å². The van der Waals surface area contributed by atoms with Crippen LogP contribution in [0.2, 0.25) is 0 Å². The summed E-state index contributed by atoms with van der Waals surface area (Å²) in [7, 11) is 0. The number of hydrogen-bond donors (Lipinski definition) is 0. The molecule has 4 aromatic rings. The number of pyridine rings is 1. The third-order valence-corrected chi connectivity index (χ3v) is 5.07. The first-order valence-electron chi connectivity index (χ1n) is 10.2. The Hall–Kier alpha value is -3.99. The maximum atomic E-state index is 13.5. The maximum Gasteiger partial charge on any atom is 0.255 e. The zero-order valence-corrected chi connectivity index (χ0v) is 17.3. The summed E-state index contributed by atoms with van der Waals surface area (Å²) in [4.78, 5) is 20.0. The minimum Gasteiger partial charge on any atom is -0.331 e. The number of fused-ring (bicyclic) bond motifs is 1. The Balaban J connectivity index is 1.87. The van der Waals surface area contributed by atoms with E-state index in [1.54, 1.807) is 23.2 Å². The lowest BCUT2D eigenvalue weighted by atomic mass is 10.1. The van der Waals surface area contributed by atoms with Crippen molar-refractivity contribution in [1.29, 1.82) is 0 Å². The highest BCUT2D eigenvalue weighted by atomic mass is 16.2. The summed E-state index contributed by atoms with van der Waals surface area (Å²) >= 11 is 0. The Labute approximate surface area is 182 Å². The molecule has 2 aromatic carbocycles. The van der Waals surface area contributed by atoms with E-state index in [1.165, 1.54) is 0 Å². The molecule has 0 atom stereocenters. The normalized spacial score (nSPS) is 10.7. The number of nitrogens with zero attached hydrogens (tertiary/aromatic N) is 4. The summed E-state index contributed by atoms with van der Waals surface area (Å²) in [6.07, 6.45) is 5.17. The van der Waals surface area contributed by atoms with Crippen LogP contribution >= 0.6 is 0 Å². The third-order valence-electron chi connectivity index (χ3n) is 5.07. The monoisotopic (exact) mass is 408 g/mol. The first-order chi connectivity index (χ1) is 15.2. The molecule has 0 saturated heterocycles. The fourth-order valence-corrected chi connectivity index (χ4v) is 3.58. The first kappa shape index (κ1) is 20.3. The zero-order chi connectivity index (χ0) is 21.6. The second kappa shape index (κ2) is 9.22. The van der Waals surface area contributed by atoms with Crippen molar-refractivity contribution in [2.75, 3.05) is 13.1 Å². The van der Waals surface area contributed by atoms with Crippen molar-refractivity contribution in [3.8, 4) is 11.3 Å². The number of amides is 1. The summed E-state index contributed by atoms with van der Waals surface area (Å²) in [5.41, 5.74) is 4.07. The molecule has 5 heteroatoms. The molecule has 0 bridgehead atoms. The molecule has 2 aromatic heterocycles. The molecule has 0 aliphatic rings. The molecule has 2 heterocycles. The van der Waals surface area contributed by atoms with Gasteiger partial charge in [-0.15, -0.1) is 13.2 Å². The average Bonchev–Trinajstić information content (AvgIpc) is 3.22. The van der Waals surface area contributed by atoms with Crippen LogP contribution in [0.25, 0.3) is 22.3 Å². The lowest BCUT2D eigenvalue weighted by Gasteiger charge is -2.20. The highest BCUT2D eigenvalue weighted by molar-refractivity contribution is 6.06. The number of rotatable bonds is 8. The van der Waals surface area contributed by atoms with E-state index < -0.39 is 0 Å². The number of carbonyl (C=O) groups excluding carboxylic acids is 1. The Morgan fingerprint density at radius 3 is 2.26 bits per heavy atom. The van der Waals surface area contributed by atoms with Gasteiger partial charge in [0.25, 0.3) is 5.91 Å². The lowest BCUT2D eigenvalue weighted by molar-refractivity contribution is 0.0792. The highest BCUT2D eigenvalue weighted by Crippen LogP contribution is 2.26. The van der Waals surface area contributed by atoms with Crippen molar-refractivity contribution in [1.82, 2.24) is 19.7 Å². The molecule has 5 nitrogen and oxygen atoms in total. The summed E-state index contributed by atoms with van der Waals surface area (Å²) in [5.74, 6) is -0.0938. The van der Waals surface area contributed by atoms with Gasteiger partial charge >= 0.3 is 0 Å².